The SMILES string of the molecule is NCc1ccc(Cl)cc1N1CCC(C(N)=O)C1. The maximum absolute atomic E-state index is 11.1. The molecule has 0 saturated carbocycles. The van der Waals surface area contributed by atoms with Crippen molar-refractivity contribution in [2.24, 2.45) is 17.4 Å². The molecule has 1 atom stereocenters. The van der Waals surface area contributed by atoms with Crippen LogP contribution in [0.25, 0.3) is 0 Å². The Balaban J connectivity index is 2.23. The minimum absolute atomic E-state index is 0.0698. The molecule has 1 heterocycles. The fourth-order valence-electron chi connectivity index (χ4n) is 2.22. The van der Waals surface area contributed by atoms with Gasteiger partial charge in [-0.15, -0.1) is 0 Å². The summed E-state index contributed by atoms with van der Waals surface area (Å²) < 4.78 is 0. The van der Waals surface area contributed by atoms with E-state index in [0.717, 1.165) is 24.2 Å². The molecule has 92 valence electrons. The summed E-state index contributed by atoms with van der Waals surface area (Å²) in [5, 5.41) is 0.680. The molecule has 5 heteroatoms. The summed E-state index contributed by atoms with van der Waals surface area (Å²) in [6, 6.07) is 5.65. The van der Waals surface area contributed by atoms with E-state index in [9.17, 15) is 4.79 Å². The monoisotopic (exact) mass is 253 g/mol. The van der Waals surface area contributed by atoms with E-state index < -0.39 is 0 Å². The van der Waals surface area contributed by atoms with Gasteiger partial charge in [0.25, 0.3) is 0 Å². The quantitative estimate of drug-likeness (QED) is 0.848. The molecule has 1 amide bonds. The van der Waals surface area contributed by atoms with Gasteiger partial charge in [0, 0.05) is 30.3 Å². The molecule has 0 bridgehead atoms. The van der Waals surface area contributed by atoms with Crippen LogP contribution in [0, 0.1) is 5.92 Å². The first-order chi connectivity index (χ1) is 8.11. The second-order valence-electron chi connectivity index (χ2n) is 4.31. The zero-order chi connectivity index (χ0) is 12.4. The fraction of sp³-hybridized carbons (Fsp3) is 0.417. The molecule has 2 rings (SSSR count). The number of amides is 1. The van der Waals surface area contributed by atoms with E-state index in [1.807, 2.05) is 18.2 Å². The Morgan fingerprint density at radius 1 is 1.53 bits per heavy atom. The normalized spacial score (nSPS) is 19.6. The highest BCUT2D eigenvalue weighted by Gasteiger charge is 2.27. The minimum atomic E-state index is -0.233. The summed E-state index contributed by atoms with van der Waals surface area (Å²) in [5.74, 6) is -0.302. The van der Waals surface area contributed by atoms with Crippen LogP contribution in [-0.2, 0) is 11.3 Å². The van der Waals surface area contributed by atoms with Crippen molar-refractivity contribution in [3.8, 4) is 0 Å². The van der Waals surface area contributed by atoms with Crippen molar-refractivity contribution in [2.45, 2.75) is 13.0 Å². The number of nitrogens with zero attached hydrogens (tertiary/aromatic N) is 1. The van der Waals surface area contributed by atoms with Crippen molar-refractivity contribution in [3.63, 3.8) is 0 Å². The second-order valence-corrected chi connectivity index (χ2v) is 4.75. The molecular formula is C12H16ClN3O. The maximum atomic E-state index is 11.1. The predicted molar refractivity (Wildman–Crippen MR) is 68.9 cm³/mol. The third-order valence-corrected chi connectivity index (χ3v) is 3.43. The van der Waals surface area contributed by atoms with Crippen molar-refractivity contribution in [3.05, 3.63) is 28.8 Å². The lowest BCUT2D eigenvalue weighted by molar-refractivity contribution is -0.121. The highest BCUT2D eigenvalue weighted by Crippen LogP contribution is 2.29. The molecule has 1 aliphatic rings. The lowest BCUT2D eigenvalue weighted by Crippen LogP contribution is -2.28. The third-order valence-electron chi connectivity index (χ3n) is 3.20. The summed E-state index contributed by atoms with van der Waals surface area (Å²) >= 11 is 5.99. The molecule has 0 aliphatic carbocycles. The second kappa shape index (κ2) is 4.94. The molecule has 1 aliphatic heterocycles. The van der Waals surface area contributed by atoms with E-state index in [2.05, 4.69) is 4.90 Å². The van der Waals surface area contributed by atoms with Gasteiger partial charge in [0.1, 0.15) is 0 Å². The number of nitrogens with two attached hydrogens (primary N) is 2. The summed E-state index contributed by atoms with van der Waals surface area (Å²) in [6.07, 6.45) is 0.797. The number of carbonyl (C=O) groups excluding carboxylic acids is 1. The Kier molecular flexibility index (Phi) is 3.54. The molecule has 0 spiro atoms. The van der Waals surface area contributed by atoms with Gasteiger partial charge in [-0.1, -0.05) is 17.7 Å². The summed E-state index contributed by atoms with van der Waals surface area (Å²) in [4.78, 5) is 13.3. The topological polar surface area (TPSA) is 72.3 Å². The average Bonchev–Trinajstić information content (AvgIpc) is 2.78. The van der Waals surface area contributed by atoms with E-state index in [-0.39, 0.29) is 11.8 Å². The van der Waals surface area contributed by atoms with Crippen LogP contribution in [0.15, 0.2) is 18.2 Å². The van der Waals surface area contributed by atoms with Crippen LogP contribution in [0.2, 0.25) is 5.02 Å². The molecule has 1 aromatic carbocycles. The van der Waals surface area contributed by atoms with Crippen LogP contribution >= 0.6 is 11.6 Å². The third kappa shape index (κ3) is 2.53. The van der Waals surface area contributed by atoms with Crippen LogP contribution in [-0.4, -0.2) is 19.0 Å². The van der Waals surface area contributed by atoms with Gasteiger partial charge in [0.05, 0.1) is 5.92 Å². The first kappa shape index (κ1) is 12.2. The Bertz CT molecular complexity index is 436. The lowest BCUT2D eigenvalue weighted by Gasteiger charge is -2.21. The number of anilines is 1. The molecule has 1 unspecified atom stereocenters. The fourth-order valence-corrected chi connectivity index (χ4v) is 2.38. The summed E-state index contributed by atoms with van der Waals surface area (Å²) in [6.45, 7) is 1.94. The first-order valence-electron chi connectivity index (χ1n) is 5.64. The Morgan fingerprint density at radius 3 is 2.88 bits per heavy atom. The Morgan fingerprint density at radius 2 is 2.29 bits per heavy atom. The molecule has 17 heavy (non-hydrogen) atoms. The maximum Gasteiger partial charge on any atom is 0.222 e. The smallest absolute Gasteiger partial charge is 0.222 e. The van der Waals surface area contributed by atoms with E-state index in [1.54, 1.807) is 0 Å². The van der Waals surface area contributed by atoms with Gasteiger partial charge in [0.15, 0.2) is 0 Å². The van der Waals surface area contributed by atoms with Crippen LogP contribution in [0.1, 0.15) is 12.0 Å². The molecule has 4 N–H and O–H groups in total. The lowest BCUT2D eigenvalue weighted by atomic mass is 10.1. The van der Waals surface area contributed by atoms with Crippen molar-refractivity contribution < 1.29 is 4.79 Å². The van der Waals surface area contributed by atoms with Crippen LogP contribution in [0.3, 0.4) is 0 Å². The highest BCUT2D eigenvalue weighted by molar-refractivity contribution is 6.30. The van der Waals surface area contributed by atoms with E-state index in [1.165, 1.54) is 0 Å². The molecule has 1 fully saturated rings. The zero-order valence-electron chi connectivity index (χ0n) is 9.53. The Labute approximate surface area is 106 Å². The largest absolute Gasteiger partial charge is 0.370 e. The number of rotatable bonds is 3. The van der Waals surface area contributed by atoms with Crippen LogP contribution < -0.4 is 16.4 Å². The van der Waals surface area contributed by atoms with Crippen molar-refractivity contribution in [2.75, 3.05) is 18.0 Å². The molecule has 4 nitrogen and oxygen atoms in total. The van der Waals surface area contributed by atoms with E-state index >= 15 is 0 Å². The van der Waals surface area contributed by atoms with Gasteiger partial charge in [-0.25, -0.2) is 0 Å². The number of primary amides is 1. The van der Waals surface area contributed by atoms with Gasteiger partial charge in [0.2, 0.25) is 5.91 Å². The predicted octanol–water partition coefficient (Wildman–Crippen LogP) is 1.11. The van der Waals surface area contributed by atoms with Gasteiger partial charge in [-0.05, 0) is 24.1 Å². The van der Waals surface area contributed by atoms with Gasteiger partial charge < -0.3 is 16.4 Å². The average molecular weight is 254 g/mol. The minimum Gasteiger partial charge on any atom is -0.370 e. The molecule has 0 aromatic heterocycles. The Hall–Kier alpha value is -1.26. The first-order valence-corrected chi connectivity index (χ1v) is 6.02. The van der Waals surface area contributed by atoms with Crippen molar-refractivity contribution in [1.82, 2.24) is 0 Å². The number of hydrogen-bond donors (Lipinski definition) is 2. The number of benzene rings is 1. The molecular weight excluding hydrogens is 238 g/mol. The van der Waals surface area contributed by atoms with E-state index in [4.69, 9.17) is 23.1 Å². The highest BCUT2D eigenvalue weighted by atomic mass is 35.5. The van der Waals surface area contributed by atoms with Crippen molar-refractivity contribution >= 4 is 23.2 Å². The van der Waals surface area contributed by atoms with Gasteiger partial charge in [-0.2, -0.15) is 0 Å². The van der Waals surface area contributed by atoms with Crippen LogP contribution in [0.4, 0.5) is 5.69 Å². The van der Waals surface area contributed by atoms with Gasteiger partial charge in [-0.3, -0.25) is 4.79 Å². The summed E-state index contributed by atoms with van der Waals surface area (Å²) in [7, 11) is 0. The molecule has 1 saturated heterocycles. The van der Waals surface area contributed by atoms with Gasteiger partial charge >= 0.3 is 0 Å². The molecule has 1 aromatic rings. The molecule has 0 radical (unpaired) electrons. The number of carbonyl (C=O) groups is 1. The number of hydrogen-bond acceptors (Lipinski definition) is 3. The summed E-state index contributed by atoms with van der Waals surface area (Å²) in [5.41, 5.74) is 13.1. The van der Waals surface area contributed by atoms with E-state index in [0.29, 0.717) is 18.1 Å². The van der Waals surface area contributed by atoms with Crippen molar-refractivity contribution in [1.29, 1.82) is 0 Å². The van der Waals surface area contributed by atoms with Crippen LogP contribution in [0.5, 0.6) is 0 Å². The zero-order valence-corrected chi connectivity index (χ0v) is 10.3. The standard InChI is InChI=1S/C12H16ClN3O/c13-10-2-1-8(6-14)11(5-10)16-4-3-9(7-16)12(15)17/h1-2,5,9H,3-4,6-7,14H2,(H2,15,17). The number of halogens is 1.